The van der Waals surface area contributed by atoms with Gasteiger partial charge < -0.3 is 5.32 Å². The second kappa shape index (κ2) is 9.45. The number of amides is 1. The Hall–Kier alpha value is -3.03. The summed E-state index contributed by atoms with van der Waals surface area (Å²) in [5.41, 5.74) is 2.96. The second-order valence-corrected chi connectivity index (χ2v) is 8.38. The number of hydrogen-bond donors (Lipinski definition) is 2. The number of nitrogens with zero attached hydrogens (tertiary/aromatic N) is 1. The highest BCUT2D eigenvalue weighted by molar-refractivity contribution is 7.89. The number of aryl methyl sites for hydroxylation is 1. The number of nitrogens with one attached hydrogen (secondary N) is 2. The molecule has 1 heterocycles. The monoisotopic (exact) mass is 409 g/mol. The molecule has 0 aliphatic rings. The van der Waals surface area contributed by atoms with E-state index >= 15 is 0 Å². The maximum absolute atomic E-state index is 12.5. The molecule has 1 amide bonds. The summed E-state index contributed by atoms with van der Waals surface area (Å²) < 4.78 is 27.5. The van der Waals surface area contributed by atoms with Crippen LogP contribution in [0.25, 0.3) is 0 Å². The van der Waals surface area contributed by atoms with E-state index in [1.165, 1.54) is 0 Å². The molecule has 6 nitrogen and oxygen atoms in total. The second-order valence-electron chi connectivity index (χ2n) is 6.61. The lowest BCUT2D eigenvalue weighted by molar-refractivity contribution is 0.102. The average Bonchev–Trinajstić information content (AvgIpc) is 2.74. The molecule has 0 saturated carbocycles. The Kier molecular flexibility index (Phi) is 6.74. The molecule has 0 aliphatic carbocycles. The Bertz CT molecular complexity index is 1050. The molecule has 0 bridgehead atoms. The van der Waals surface area contributed by atoms with E-state index in [1.54, 1.807) is 60.9 Å². The molecule has 3 rings (SSSR count). The van der Waals surface area contributed by atoms with Gasteiger partial charge in [0.25, 0.3) is 5.91 Å². The number of pyridine rings is 1. The predicted molar refractivity (Wildman–Crippen MR) is 113 cm³/mol. The predicted octanol–water partition coefficient (Wildman–Crippen LogP) is 3.76. The van der Waals surface area contributed by atoms with Gasteiger partial charge in [0.05, 0.1) is 16.8 Å². The van der Waals surface area contributed by atoms with E-state index in [2.05, 4.69) is 21.9 Å². The van der Waals surface area contributed by atoms with Crippen molar-refractivity contribution in [2.45, 2.75) is 31.2 Å². The third kappa shape index (κ3) is 5.73. The first kappa shape index (κ1) is 20.7. The van der Waals surface area contributed by atoms with Crippen LogP contribution in [-0.2, 0) is 23.0 Å². The molecule has 0 spiro atoms. The summed E-state index contributed by atoms with van der Waals surface area (Å²) in [5, 5.41) is 2.76. The fourth-order valence-corrected chi connectivity index (χ4v) is 3.82. The molecule has 0 unspecified atom stereocenters. The minimum Gasteiger partial charge on any atom is -0.321 e. The van der Waals surface area contributed by atoms with E-state index in [4.69, 9.17) is 0 Å². The van der Waals surface area contributed by atoms with Crippen LogP contribution in [0.1, 0.15) is 34.8 Å². The Morgan fingerprint density at radius 1 is 0.966 bits per heavy atom. The van der Waals surface area contributed by atoms with Gasteiger partial charge in [-0.05, 0) is 53.9 Å². The van der Waals surface area contributed by atoms with Crippen molar-refractivity contribution in [2.24, 2.45) is 0 Å². The maximum atomic E-state index is 12.5. The lowest BCUT2D eigenvalue weighted by atomic mass is 10.1. The van der Waals surface area contributed by atoms with Crippen molar-refractivity contribution in [3.05, 3.63) is 89.7 Å². The van der Waals surface area contributed by atoms with Gasteiger partial charge in [-0.25, -0.2) is 13.1 Å². The summed E-state index contributed by atoms with van der Waals surface area (Å²) in [7, 11) is -3.59. The number of benzene rings is 2. The lowest BCUT2D eigenvalue weighted by Gasteiger charge is -2.09. The summed E-state index contributed by atoms with van der Waals surface area (Å²) in [5.74, 6) is -0.253. The Labute approximate surface area is 171 Å². The molecule has 0 atom stereocenters. The van der Waals surface area contributed by atoms with E-state index in [0.29, 0.717) is 11.3 Å². The molecular weight excluding hydrogens is 386 g/mol. The van der Waals surface area contributed by atoms with Gasteiger partial charge in [0.1, 0.15) is 0 Å². The van der Waals surface area contributed by atoms with Crippen LogP contribution in [0.3, 0.4) is 0 Å². The van der Waals surface area contributed by atoms with Gasteiger partial charge in [-0.3, -0.25) is 9.78 Å². The largest absolute Gasteiger partial charge is 0.321 e. The number of aromatic nitrogens is 1. The molecule has 0 fully saturated rings. The Morgan fingerprint density at radius 3 is 2.28 bits per heavy atom. The topological polar surface area (TPSA) is 88.2 Å². The van der Waals surface area contributed by atoms with Crippen molar-refractivity contribution >= 4 is 21.6 Å². The molecule has 150 valence electrons. The Morgan fingerprint density at radius 2 is 1.66 bits per heavy atom. The number of carbonyl (C=O) groups is 1. The van der Waals surface area contributed by atoms with E-state index in [9.17, 15) is 13.2 Å². The molecule has 2 aromatic carbocycles. The zero-order valence-corrected chi connectivity index (χ0v) is 16.9. The van der Waals surface area contributed by atoms with Crippen molar-refractivity contribution in [1.82, 2.24) is 9.71 Å². The molecule has 29 heavy (non-hydrogen) atoms. The van der Waals surface area contributed by atoms with Crippen molar-refractivity contribution in [3.8, 4) is 0 Å². The van der Waals surface area contributed by atoms with Crippen molar-refractivity contribution in [3.63, 3.8) is 0 Å². The number of sulfonamides is 1. The van der Waals surface area contributed by atoms with Crippen molar-refractivity contribution < 1.29 is 13.2 Å². The van der Waals surface area contributed by atoms with Crippen LogP contribution in [0.5, 0.6) is 0 Å². The summed E-state index contributed by atoms with van der Waals surface area (Å²) in [6, 6.07) is 17.2. The Balaban J connectivity index is 1.60. The quantitative estimate of drug-likeness (QED) is 0.593. The highest BCUT2D eigenvalue weighted by Gasteiger charge is 2.14. The number of rotatable bonds is 8. The van der Waals surface area contributed by atoms with Gasteiger partial charge in [-0.2, -0.15) is 0 Å². The van der Waals surface area contributed by atoms with Crippen LogP contribution in [0.4, 0.5) is 5.69 Å². The standard InChI is InChI=1S/C22H23N3O3S/c1-2-4-17-8-12-21(13-9-17)29(27,28)24-15-18-6-10-19(11-7-18)22(26)25-20-5-3-14-23-16-20/h3,5-14,16,24H,2,4,15H2,1H3,(H,25,26). The SMILES string of the molecule is CCCc1ccc(S(=O)(=O)NCc2ccc(C(=O)Nc3cccnc3)cc2)cc1. The minimum absolute atomic E-state index is 0.142. The summed E-state index contributed by atoms with van der Waals surface area (Å²) >= 11 is 0. The van der Waals surface area contributed by atoms with E-state index in [-0.39, 0.29) is 17.3 Å². The van der Waals surface area contributed by atoms with Crippen molar-refractivity contribution in [2.75, 3.05) is 5.32 Å². The molecule has 1 aromatic heterocycles. The first-order chi connectivity index (χ1) is 14.0. The number of carbonyl (C=O) groups excluding carboxylic acids is 1. The molecule has 2 N–H and O–H groups in total. The minimum atomic E-state index is -3.59. The van der Waals surface area contributed by atoms with Gasteiger partial charge in [0.2, 0.25) is 10.0 Å². The average molecular weight is 410 g/mol. The van der Waals surface area contributed by atoms with Crippen molar-refractivity contribution in [1.29, 1.82) is 0 Å². The third-order valence-electron chi connectivity index (χ3n) is 4.37. The van der Waals surface area contributed by atoms with Crippen LogP contribution in [0.2, 0.25) is 0 Å². The van der Waals surface area contributed by atoms with Crippen LogP contribution >= 0.6 is 0 Å². The van der Waals surface area contributed by atoms with Gasteiger partial charge >= 0.3 is 0 Å². The molecule has 7 heteroatoms. The number of anilines is 1. The fraction of sp³-hybridized carbons (Fsp3) is 0.182. The highest BCUT2D eigenvalue weighted by Crippen LogP contribution is 2.13. The van der Waals surface area contributed by atoms with Gasteiger partial charge in [-0.15, -0.1) is 0 Å². The smallest absolute Gasteiger partial charge is 0.255 e. The zero-order valence-electron chi connectivity index (χ0n) is 16.1. The summed E-state index contributed by atoms with van der Waals surface area (Å²) in [6.07, 6.45) is 5.13. The molecule has 3 aromatic rings. The zero-order chi connectivity index (χ0) is 20.7. The fourth-order valence-electron chi connectivity index (χ4n) is 2.80. The van der Waals surface area contributed by atoms with E-state index in [1.807, 2.05) is 12.1 Å². The van der Waals surface area contributed by atoms with Gasteiger partial charge in [0.15, 0.2) is 0 Å². The van der Waals surface area contributed by atoms with E-state index in [0.717, 1.165) is 24.0 Å². The lowest BCUT2D eigenvalue weighted by Crippen LogP contribution is -2.23. The van der Waals surface area contributed by atoms with Gasteiger partial charge in [0, 0.05) is 18.3 Å². The highest BCUT2D eigenvalue weighted by atomic mass is 32.2. The number of hydrogen-bond acceptors (Lipinski definition) is 4. The van der Waals surface area contributed by atoms with E-state index < -0.39 is 10.0 Å². The first-order valence-corrected chi connectivity index (χ1v) is 10.8. The van der Waals surface area contributed by atoms with Gasteiger partial charge in [-0.1, -0.05) is 37.6 Å². The first-order valence-electron chi connectivity index (χ1n) is 9.37. The summed E-state index contributed by atoms with van der Waals surface area (Å²) in [6.45, 7) is 2.23. The summed E-state index contributed by atoms with van der Waals surface area (Å²) in [4.78, 5) is 16.4. The molecule has 0 radical (unpaired) electrons. The van der Waals surface area contributed by atoms with Crippen LogP contribution < -0.4 is 10.0 Å². The molecule has 0 saturated heterocycles. The maximum Gasteiger partial charge on any atom is 0.255 e. The van der Waals surface area contributed by atoms with Crippen LogP contribution in [0.15, 0.2) is 78.0 Å². The van der Waals surface area contributed by atoms with Crippen LogP contribution in [0, 0.1) is 0 Å². The molecular formula is C22H23N3O3S. The normalized spacial score (nSPS) is 11.2. The molecule has 0 aliphatic heterocycles. The third-order valence-corrected chi connectivity index (χ3v) is 5.79. The van der Waals surface area contributed by atoms with Crippen LogP contribution in [-0.4, -0.2) is 19.3 Å².